The lowest BCUT2D eigenvalue weighted by atomic mass is 9.82. The molecule has 0 saturated carbocycles. The van der Waals surface area contributed by atoms with Gasteiger partial charge in [0.05, 0.1) is 22.7 Å². The van der Waals surface area contributed by atoms with Crippen LogP contribution in [0.5, 0.6) is 5.75 Å². The monoisotopic (exact) mass is 439 g/mol. The number of likely N-dealkylation sites (tertiary alicyclic amines) is 1. The first-order valence-corrected chi connectivity index (χ1v) is 10.4. The molecule has 0 bridgehead atoms. The number of nitrogens with one attached hydrogen (secondary N) is 1. The van der Waals surface area contributed by atoms with E-state index < -0.39 is 11.4 Å². The first kappa shape index (κ1) is 19.8. The van der Waals surface area contributed by atoms with E-state index in [9.17, 15) is 14.0 Å². The van der Waals surface area contributed by atoms with Crippen molar-refractivity contribution in [2.75, 3.05) is 13.1 Å². The highest BCUT2D eigenvalue weighted by atomic mass is 35.5. The Morgan fingerprint density at radius 2 is 2.00 bits per heavy atom. The van der Waals surface area contributed by atoms with Crippen molar-refractivity contribution < 1.29 is 18.7 Å². The van der Waals surface area contributed by atoms with Gasteiger partial charge in [-0.05, 0) is 24.3 Å². The molecule has 8 heteroatoms. The summed E-state index contributed by atoms with van der Waals surface area (Å²) in [5, 5.41) is 6.84. The Labute approximate surface area is 183 Å². The van der Waals surface area contributed by atoms with Crippen molar-refractivity contribution in [2.24, 2.45) is 0 Å². The SMILES string of the molecule is O=C1CC2(CCN(C(=O)c3cccc(-c4cc[nH]n4)c3)CC2)Oc2cc(F)c(Cl)cc21. The van der Waals surface area contributed by atoms with E-state index in [4.69, 9.17) is 16.3 Å². The second-order valence-corrected chi connectivity index (χ2v) is 8.39. The zero-order valence-electron chi connectivity index (χ0n) is 16.5. The normalized spacial score (nSPS) is 17.4. The van der Waals surface area contributed by atoms with Crippen LogP contribution in [-0.4, -0.2) is 45.5 Å². The van der Waals surface area contributed by atoms with Gasteiger partial charge in [-0.2, -0.15) is 5.10 Å². The zero-order valence-corrected chi connectivity index (χ0v) is 17.3. The fraction of sp³-hybridized carbons (Fsp3) is 0.261. The molecule has 1 saturated heterocycles. The summed E-state index contributed by atoms with van der Waals surface area (Å²) in [5.41, 5.74) is 1.80. The van der Waals surface area contributed by atoms with Crippen molar-refractivity contribution in [1.29, 1.82) is 0 Å². The number of hydrogen-bond acceptors (Lipinski definition) is 4. The number of Topliss-reactive ketones (excluding diaryl/α,β-unsaturated/α-hetero) is 1. The lowest BCUT2D eigenvalue weighted by molar-refractivity contribution is -0.00587. The molecule has 0 atom stereocenters. The van der Waals surface area contributed by atoms with Gasteiger partial charge in [-0.25, -0.2) is 4.39 Å². The smallest absolute Gasteiger partial charge is 0.253 e. The van der Waals surface area contributed by atoms with E-state index in [2.05, 4.69) is 10.2 Å². The predicted octanol–water partition coefficient (Wildman–Crippen LogP) is 4.51. The molecule has 3 aromatic rings. The number of nitrogens with zero attached hydrogens (tertiary/aromatic N) is 2. The first-order chi connectivity index (χ1) is 14.9. The molecule has 5 rings (SSSR count). The summed E-state index contributed by atoms with van der Waals surface area (Å²) < 4.78 is 20.0. The Balaban J connectivity index is 1.31. The van der Waals surface area contributed by atoms with Crippen LogP contribution in [0.2, 0.25) is 5.02 Å². The highest BCUT2D eigenvalue weighted by Crippen LogP contribution is 2.41. The number of rotatable bonds is 2. The summed E-state index contributed by atoms with van der Waals surface area (Å²) in [6, 6.07) is 11.7. The van der Waals surface area contributed by atoms with E-state index in [-0.39, 0.29) is 28.9 Å². The maximum absolute atomic E-state index is 13.9. The van der Waals surface area contributed by atoms with Crippen molar-refractivity contribution >= 4 is 23.3 Å². The molecule has 1 amide bonds. The predicted molar refractivity (Wildman–Crippen MR) is 113 cm³/mol. The highest BCUT2D eigenvalue weighted by Gasteiger charge is 2.44. The van der Waals surface area contributed by atoms with Crippen LogP contribution >= 0.6 is 11.6 Å². The summed E-state index contributed by atoms with van der Waals surface area (Å²) >= 11 is 5.81. The fourth-order valence-corrected chi connectivity index (χ4v) is 4.46. The third-order valence-corrected chi connectivity index (χ3v) is 6.29. The fourth-order valence-electron chi connectivity index (χ4n) is 4.30. The molecule has 0 aliphatic carbocycles. The van der Waals surface area contributed by atoms with E-state index in [1.165, 1.54) is 12.1 Å². The lowest BCUT2D eigenvalue weighted by Crippen LogP contribution is -2.52. The van der Waals surface area contributed by atoms with Gasteiger partial charge in [0.2, 0.25) is 0 Å². The van der Waals surface area contributed by atoms with Crippen LogP contribution in [0.3, 0.4) is 0 Å². The van der Waals surface area contributed by atoms with Crippen LogP contribution in [0, 0.1) is 5.82 Å². The van der Waals surface area contributed by atoms with E-state index in [1.807, 2.05) is 24.3 Å². The maximum atomic E-state index is 13.9. The molecule has 2 aliphatic rings. The van der Waals surface area contributed by atoms with Crippen LogP contribution in [0.25, 0.3) is 11.3 Å². The molecule has 1 fully saturated rings. The molecule has 158 valence electrons. The van der Waals surface area contributed by atoms with Gasteiger partial charge in [-0.1, -0.05) is 23.7 Å². The van der Waals surface area contributed by atoms with Crippen LogP contribution in [-0.2, 0) is 0 Å². The minimum Gasteiger partial charge on any atom is -0.486 e. The number of ether oxygens (including phenoxy) is 1. The van der Waals surface area contributed by atoms with Crippen LogP contribution < -0.4 is 4.74 Å². The first-order valence-electron chi connectivity index (χ1n) is 10.0. The van der Waals surface area contributed by atoms with Gasteiger partial charge in [0, 0.05) is 49.3 Å². The average Bonchev–Trinajstić information content (AvgIpc) is 3.31. The lowest BCUT2D eigenvalue weighted by Gasteiger charge is -2.44. The summed E-state index contributed by atoms with van der Waals surface area (Å²) in [4.78, 5) is 27.5. The van der Waals surface area contributed by atoms with Gasteiger partial charge in [0.1, 0.15) is 17.2 Å². The third kappa shape index (κ3) is 3.59. The molecular formula is C23H19ClFN3O3. The summed E-state index contributed by atoms with van der Waals surface area (Å²) in [5.74, 6) is -0.582. The Bertz CT molecular complexity index is 1170. The number of aromatic nitrogens is 2. The molecule has 2 aromatic carbocycles. The molecular weight excluding hydrogens is 421 g/mol. The number of amides is 1. The highest BCUT2D eigenvalue weighted by molar-refractivity contribution is 6.31. The van der Waals surface area contributed by atoms with Crippen molar-refractivity contribution in [2.45, 2.75) is 24.9 Å². The standard InChI is InChI=1S/C23H19ClFN3O3/c24-17-11-16-20(29)13-23(31-21(16)12-18(17)25)5-8-28(9-6-23)22(30)15-3-1-2-14(10-15)19-4-7-26-27-19/h1-4,7,10-12H,5-6,8-9,13H2,(H,26,27). The molecule has 0 unspecified atom stereocenters. The maximum Gasteiger partial charge on any atom is 0.253 e. The van der Waals surface area contributed by atoms with E-state index in [1.54, 1.807) is 17.2 Å². The van der Waals surface area contributed by atoms with Gasteiger partial charge in [-0.3, -0.25) is 14.7 Å². The second-order valence-electron chi connectivity index (χ2n) is 7.98. The number of H-pyrrole nitrogens is 1. The summed E-state index contributed by atoms with van der Waals surface area (Å²) in [7, 11) is 0. The van der Waals surface area contributed by atoms with Gasteiger partial charge < -0.3 is 9.64 Å². The number of hydrogen-bond donors (Lipinski definition) is 1. The van der Waals surface area contributed by atoms with Crippen molar-refractivity contribution in [3.8, 4) is 17.0 Å². The Hall–Kier alpha value is -3.19. The number of aromatic amines is 1. The topological polar surface area (TPSA) is 75.3 Å². The van der Waals surface area contributed by atoms with Crippen molar-refractivity contribution in [3.63, 3.8) is 0 Å². The van der Waals surface area contributed by atoms with Gasteiger partial charge >= 0.3 is 0 Å². The number of carbonyl (C=O) groups is 2. The number of carbonyl (C=O) groups excluding carboxylic acids is 2. The van der Waals surface area contributed by atoms with Crippen molar-refractivity contribution in [3.05, 3.63) is 70.6 Å². The quantitative estimate of drug-likeness (QED) is 0.637. The number of ketones is 1. The van der Waals surface area contributed by atoms with E-state index >= 15 is 0 Å². The molecule has 0 radical (unpaired) electrons. The minimum atomic E-state index is -0.724. The minimum absolute atomic E-state index is 0.0763. The van der Waals surface area contributed by atoms with Crippen LogP contribution in [0.15, 0.2) is 48.7 Å². The molecule has 3 heterocycles. The third-order valence-electron chi connectivity index (χ3n) is 6.00. The van der Waals surface area contributed by atoms with Gasteiger partial charge in [0.25, 0.3) is 5.91 Å². The number of halogens is 2. The van der Waals surface area contributed by atoms with Gasteiger partial charge in [-0.15, -0.1) is 0 Å². The number of piperidine rings is 1. The summed E-state index contributed by atoms with van der Waals surface area (Å²) in [6.07, 6.45) is 2.91. The van der Waals surface area contributed by atoms with E-state index in [0.29, 0.717) is 37.1 Å². The van der Waals surface area contributed by atoms with Crippen molar-refractivity contribution in [1.82, 2.24) is 15.1 Å². The average molecular weight is 440 g/mol. The molecule has 1 aromatic heterocycles. The van der Waals surface area contributed by atoms with Crippen LogP contribution in [0.4, 0.5) is 4.39 Å². The number of benzene rings is 2. The largest absolute Gasteiger partial charge is 0.486 e. The molecule has 31 heavy (non-hydrogen) atoms. The second kappa shape index (κ2) is 7.50. The Kier molecular flexibility index (Phi) is 4.78. The molecule has 2 aliphatic heterocycles. The number of fused-ring (bicyclic) bond motifs is 1. The zero-order chi connectivity index (χ0) is 21.6. The van der Waals surface area contributed by atoms with Crippen LogP contribution in [0.1, 0.15) is 40.0 Å². The molecule has 1 N–H and O–H groups in total. The Morgan fingerprint density at radius 1 is 1.19 bits per heavy atom. The molecule has 6 nitrogen and oxygen atoms in total. The van der Waals surface area contributed by atoms with E-state index in [0.717, 1.165) is 11.3 Å². The Morgan fingerprint density at radius 3 is 2.74 bits per heavy atom. The molecule has 1 spiro atoms. The summed E-state index contributed by atoms with van der Waals surface area (Å²) in [6.45, 7) is 0.897. The van der Waals surface area contributed by atoms with Gasteiger partial charge in [0.15, 0.2) is 5.78 Å².